The van der Waals surface area contributed by atoms with E-state index in [9.17, 15) is 0 Å². The highest BCUT2D eigenvalue weighted by Crippen LogP contribution is 2.28. The van der Waals surface area contributed by atoms with Gasteiger partial charge in [-0.3, -0.25) is 0 Å². The Hall–Kier alpha value is 0.480. The Kier molecular flexibility index (Phi) is 16.7. The van der Waals surface area contributed by atoms with Gasteiger partial charge in [-0.2, -0.15) is 0 Å². The van der Waals surface area contributed by atoms with Crippen LogP contribution in [0.15, 0.2) is 0 Å². The molecule has 0 aliphatic heterocycles. The molecule has 1 atom stereocenters. The highest BCUT2D eigenvalue weighted by Gasteiger charge is 2.15. The van der Waals surface area contributed by atoms with Crippen LogP contribution < -0.4 is 0 Å². The summed E-state index contributed by atoms with van der Waals surface area (Å²) in [5, 5.41) is 0. The zero-order chi connectivity index (χ0) is 16.5. The molecule has 0 amide bonds. The van der Waals surface area contributed by atoms with E-state index in [1.807, 2.05) is 0 Å². The van der Waals surface area contributed by atoms with E-state index in [-0.39, 0.29) is 0 Å². The van der Waals surface area contributed by atoms with Crippen molar-refractivity contribution in [3.8, 4) is 0 Å². The lowest BCUT2D eigenvalue weighted by Crippen LogP contribution is -2.13. The minimum atomic E-state index is 0.392. The van der Waals surface area contributed by atoms with Gasteiger partial charge >= 0.3 is 0 Å². The summed E-state index contributed by atoms with van der Waals surface area (Å²) in [4.78, 5) is 0. The molecule has 0 aromatic carbocycles. The van der Waals surface area contributed by atoms with Crippen molar-refractivity contribution in [1.82, 2.24) is 0 Å². The second-order valence-corrected chi connectivity index (χ2v) is 9.38. The average molecular weight is 375 g/mol. The Bertz CT molecular complexity index is 210. The molecule has 0 saturated heterocycles. The van der Waals surface area contributed by atoms with Crippen LogP contribution in [0.1, 0.15) is 130 Å². The first-order valence-electron chi connectivity index (χ1n) is 10.3. The van der Waals surface area contributed by atoms with Crippen molar-refractivity contribution in [2.45, 2.75) is 134 Å². The maximum absolute atomic E-state index is 3.82. The number of hydrogen-bond donors (Lipinski definition) is 0. The highest BCUT2D eigenvalue weighted by atomic mass is 79.9. The van der Waals surface area contributed by atoms with Gasteiger partial charge in [0.2, 0.25) is 0 Å². The Balaban J connectivity index is 3.06. The molecule has 1 heteroatoms. The van der Waals surface area contributed by atoms with Gasteiger partial charge in [-0.05, 0) is 19.8 Å². The predicted molar refractivity (Wildman–Crippen MR) is 107 cm³/mol. The van der Waals surface area contributed by atoms with Gasteiger partial charge in [0.1, 0.15) is 0 Å². The summed E-state index contributed by atoms with van der Waals surface area (Å²) in [7, 11) is 0. The predicted octanol–water partition coefficient (Wildman–Crippen LogP) is 8.81. The first-order valence-corrected chi connectivity index (χ1v) is 11.1. The molecule has 0 fully saturated rings. The average Bonchev–Trinajstić information content (AvgIpc) is 2.51. The summed E-state index contributed by atoms with van der Waals surface area (Å²) < 4.78 is 0.392. The first kappa shape index (κ1) is 22.5. The Morgan fingerprint density at radius 2 is 0.864 bits per heavy atom. The van der Waals surface area contributed by atoms with Crippen LogP contribution in [-0.2, 0) is 0 Å². The van der Waals surface area contributed by atoms with E-state index >= 15 is 0 Å². The normalized spacial score (nSPS) is 14.2. The van der Waals surface area contributed by atoms with E-state index in [1.165, 1.54) is 109 Å². The molecular formula is C21H43Br. The number of hydrogen-bond acceptors (Lipinski definition) is 0. The molecule has 0 bridgehead atoms. The molecule has 22 heavy (non-hydrogen) atoms. The van der Waals surface area contributed by atoms with Crippen LogP contribution in [0.5, 0.6) is 0 Å². The summed E-state index contributed by atoms with van der Waals surface area (Å²) in [6, 6.07) is 0. The zero-order valence-corrected chi connectivity index (χ0v) is 17.5. The fourth-order valence-corrected chi connectivity index (χ4v) is 3.32. The largest absolute Gasteiger partial charge is 0.0856 e. The smallest absolute Gasteiger partial charge is 0.0227 e. The monoisotopic (exact) mass is 374 g/mol. The van der Waals surface area contributed by atoms with Gasteiger partial charge in [0, 0.05) is 4.32 Å². The second-order valence-electron chi connectivity index (χ2n) is 7.47. The fourth-order valence-electron chi connectivity index (χ4n) is 3.04. The zero-order valence-electron chi connectivity index (χ0n) is 15.9. The summed E-state index contributed by atoms with van der Waals surface area (Å²) in [5.74, 6) is 0. The maximum atomic E-state index is 3.82. The summed E-state index contributed by atoms with van der Waals surface area (Å²) in [6.07, 6.45) is 24.4. The van der Waals surface area contributed by atoms with Crippen molar-refractivity contribution >= 4 is 15.9 Å². The van der Waals surface area contributed by atoms with Crippen LogP contribution in [0.3, 0.4) is 0 Å². The fraction of sp³-hybridized carbons (Fsp3) is 1.00. The third kappa shape index (κ3) is 16.8. The summed E-state index contributed by atoms with van der Waals surface area (Å²) in [5.41, 5.74) is 0. The van der Waals surface area contributed by atoms with Gasteiger partial charge in [0.25, 0.3) is 0 Å². The number of alkyl halides is 1. The van der Waals surface area contributed by atoms with E-state index in [0.29, 0.717) is 4.32 Å². The van der Waals surface area contributed by atoms with E-state index in [4.69, 9.17) is 0 Å². The van der Waals surface area contributed by atoms with E-state index < -0.39 is 0 Å². The number of rotatable bonds is 17. The lowest BCUT2D eigenvalue weighted by atomic mass is 9.99. The van der Waals surface area contributed by atoms with Gasteiger partial charge in [-0.15, -0.1) is 0 Å². The molecule has 0 N–H and O–H groups in total. The maximum Gasteiger partial charge on any atom is 0.0227 e. The molecule has 134 valence electrons. The number of unbranched alkanes of at least 4 members (excludes halogenated alkanes) is 14. The van der Waals surface area contributed by atoms with Crippen molar-refractivity contribution in [2.75, 3.05) is 0 Å². The van der Waals surface area contributed by atoms with Crippen LogP contribution in [0.25, 0.3) is 0 Å². The standard InChI is InChI=1S/C21H43Br/c1-4-6-7-8-9-10-11-12-13-14-15-16-17-18-19-20-21(3,22)5-2/h4-20H2,1-3H3. The first-order chi connectivity index (χ1) is 10.6. The quantitative estimate of drug-likeness (QED) is 0.176. The van der Waals surface area contributed by atoms with Crippen LogP contribution in [-0.4, -0.2) is 4.32 Å². The molecule has 0 heterocycles. The molecule has 0 spiro atoms. The van der Waals surface area contributed by atoms with Crippen molar-refractivity contribution in [2.24, 2.45) is 0 Å². The topological polar surface area (TPSA) is 0 Å². The minimum absolute atomic E-state index is 0.392. The van der Waals surface area contributed by atoms with E-state index in [0.717, 1.165) is 0 Å². The van der Waals surface area contributed by atoms with Gasteiger partial charge < -0.3 is 0 Å². The molecule has 0 radical (unpaired) electrons. The molecule has 0 aromatic heterocycles. The lowest BCUT2D eigenvalue weighted by Gasteiger charge is -2.19. The highest BCUT2D eigenvalue weighted by molar-refractivity contribution is 9.10. The van der Waals surface area contributed by atoms with Crippen LogP contribution >= 0.6 is 15.9 Å². The van der Waals surface area contributed by atoms with Gasteiger partial charge in [-0.25, -0.2) is 0 Å². The molecule has 0 rings (SSSR count). The molecule has 0 nitrogen and oxygen atoms in total. The SMILES string of the molecule is CCCCCCCCCCCCCCCCCC(C)(Br)CC. The van der Waals surface area contributed by atoms with Crippen molar-refractivity contribution in [3.05, 3.63) is 0 Å². The molecule has 0 aliphatic rings. The van der Waals surface area contributed by atoms with Gasteiger partial charge in [-0.1, -0.05) is 126 Å². The van der Waals surface area contributed by atoms with E-state index in [1.54, 1.807) is 0 Å². The Morgan fingerprint density at radius 3 is 1.18 bits per heavy atom. The lowest BCUT2D eigenvalue weighted by molar-refractivity contribution is 0.504. The number of halogens is 1. The summed E-state index contributed by atoms with van der Waals surface area (Å²) >= 11 is 3.82. The molecule has 0 saturated carbocycles. The Morgan fingerprint density at radius 1 is 0.545 bits per heavy atom. The molecule has 1 unspecified atom stereocenters. The minimum Gasteiger partial charge on any atom is -0.0856 e. The Labute approximate surface area is 150 Å². The van der Waals surface area contributed by atoms with Crippen molar-refractivity contribution in [1.29, 1.82) is 0 Å². The third-order valence-corrected chi connectivity index (χ3v) is 6.00. The van der Waals surface area contributed by atoms with E-state index in [2.05, 4.69) is 36.7 Å². The molecule has 0 aromatic rings. The van der Waals surface area contributed by atoms with Crippen molar-refractivity contribution in [3.63, 3.8) is 0 Å². The van der Waals surface area contributed by atoms with Gasteiger partial charge in [0.05, 0.1) is 0 Å². The molecule has 0 aliphatic carbocycles. The van der Waals surface area contributed by atoms with Gasteiger partial charge in [0.15, 0.2) is 0 Å². The van der Waals surface area contributed by atoms with Crippen LogP contribution in [0.4, 0.5) is 0 Å². The summed E-state index contributed by atoms with van der Waals surface area (Å²) in [6.45, 7) is 6.90. The molecular weight excluding hydrogens is 332 g/mol. The van der Waals surface area contributed by atoms with Crippen LogP contribution in [0, 0.1) is 0 Å². The van der Waals surface area contributed by atoms with Crippen molar-refractivity contribution < 1.29 is 0 Å². The second kappa shape index (κ2) is 16.3. The third-order valence-electron chi connectivity index (χ3n) is 5.04. The van der Waals surface area contributed by atoms with Crippen LogP contribution in [0.2, 0.25) is 0 Å².